The molecule has 2 heterocycles. The molecule has 8 heteroatoms. The number of fused-ring (bicyclic) bond motifs is 3. The summed E-state index contributed by atoms with van der Waals surface area (Å²) >= 11 is 6.37. The van der Waals surface area contributed by atoms with Gasteiger partial charge in [0.15, 0.2) is 0 Å². The van der Waals surface area contributed by atoms with E-state index in [9.17, 15) is 18.3 Å². The third-order valence-corrected chi connectivity index (χ3v) is 13.1. The average molecular weight is 639 g/mol. The second-order valence-corrected chi connectivity index (χ2v) is 16.2. The van der Waals surface area contributed by atoms with E-state index in [0.29, 0.717) is 30.2 Å². The summed E-state index contributed by atoms with van der Waals surface area (Å²) in [4.78, 5) is 16.1. The molecular formula is C36H47ClN2O4S. The van der Waals surface area contributed by atoms with Crippen LogP contribution in [0, 0.1) is 23.7 Å². The number of carbonyl (C=O) groups excluding carboxylic acids is 1. The van der Waals surface area contributed by atoms with Crippen molar-refractivity contribution in [1.29, 1.82) is 0 Å². The maximum absolute atomic E-state index is 13.8. The van der Waals surface area contributed by atoms with E-state index >= 15 is 0 Å². The van der Waals surface area contributed by atoms with Crippen LogP contribution in [-0.2, 0) is 29.3 Å². The second-order valence-electron chi connectivity index (χ2n) is 13.8. The predicted octanol–water partition coefficient (Wildman–Crippen LogP) is 6.87. The van der Waals surface area contributed by atoms with Crippen molar-refractivity contribution >= 4 is 33.2 Å². The number of amides is 1. The van der Waals surface area contributed by atoms with Gasteiger partial charge in [0.2, 0.25) is 10.0 Å². The number of sulfonamides is 1. The summed E-state index contributed by atoms with van der Waals surface area (Å²) in [5, 5.41) is 11.3. The van der Waals surface area contributed by atoms with E-state index in [2.05, 4.69) is 21.8 Å². The molecule has 44 heavy (non-hydrogen) atoms. The maximum atomic E-state index is 13.8. The number of benzene rings is 2. The van der Waals surface area contributed by atoms with Crippen molar-refractivity contribution in [2.24, 2.45) is 23.7 Å². The van der Waals surface area contributed by atoms with Gasteiger partial charge in [-0.3, -0.25) is 4.79 Å². The number of aliphatic hydroxyl groups is 1. The van der Waals surface area contributed by atoms with Crippen LogP contribution in [0.2, 0.25) is 5.02 Å². The number of carbonyl (C=O) groups is 1. The lowest BCUT2D eigenvalue weighted by Crippen LogP contribution is -2.44. The molecule has 2 aliphatic heterocycles. The molecule has 2 fully saturated rings. The fourth-order valence-corrected chi connectivity index (χ4v) is 9.72. The standard InChI is InChI=1S/C36H47ClN2O4S/c1-24-6-4-10-34(40)32-18-16-30(32)23-39-19-3-2-9-28-21-31(37)17-15-26(28)11-12-27-13-14-29(22-33(27)39)36(41)38-44(42,43)35(24)20-25-7-5-8-25/h4,10,13-15,17,21-22,24-25,30,32,34-35,40H,2-3,5-9,11-12,16,18-20,23H2,1H3,(H,38,41)/b10-4+/t24-,30+,32-,34+,35?/m1/s1. The Bertz CT molecular complexity index is 1490. The lowest BCUT2D eigenvalue weighted by atomic mass is 9.70. The zero-order valence-corrected chi connectivity index (χ0v) is 27.5. The highest BCUT2D eigenvalue weighted by Gasteiger charge is 2.38. The Labute approximate surface area is 268 Å². The Hall–Kier alpha value is -2.35. The molecule has 2 aliphatic carbocycles. The molecule has 2 N–H and O–H groups in total. The van der Waals surface area contributed by atoms with Gasteiger partial charge in [0.05, 0.1) is 11.4 Å². The first-order valence-electron chi connectivity index (χ1n) is 16.7. The first-order valence-corrected chi connectivity index (χ1v) is 18.7. The first-order chi connectivity index (χ1) is 21.2. The fourth-order valence-electron chi connectivity index (χ4n) is 7.75. The quantitative estimate of drug-likeness (QED) is 0.351. The van der Waals surface area contributed by atoms with Crippen molar-refractivity contribution in [3.05, 3.63) is 75.8 Å². The summed E-state index contributed by atoms with van der Waals surface area (Å²) < 4.78 is 30.1. The Balaban J connectivity index is 1.37. The van der Waals surface area contributed by atoms with Crippen molar-refractivity contribution < 1.29 is 18.3 Å². The lowest BCUT2D eigenvalue weighted by Gasteiger charge is -2.43. The summed E-state index contributed by atoms with van der Waals surface area (Å²) in [6.45, 7) is 3.61. The highest BCUT2D eigenvalue weighted by Crippen LogP contribution is 2.40. The summed E-state index contributed by atoms with van der Waals surface area (Å²) in [6, 6.07) is 11.9. The number of hydrogen-bond acceptors (Lipinski definition) is 5. The summed E-state index contributed by atoms with van der Waals surface area (Å²) in [7, 11) is -3.91. The highest BCUT2D eigenvalue weighted by atomic mass is 35.5. The zero-order chi connectivity index (χ0) is 30.8. The number of aliphatic hydroxyl groups excluding tert-OH is 1. The van der Waals surface area contributed by atoms with Crippen LogP contribution in [0.25, 0.3) is 0 Å². The van der Waals surface area contributed by atoms with Crippen molar-refractivity contribution in [2.75, 3.05) is 18.0 Å². The first kappa shape index (κ1) is 31.6. The van der Waals surface area contributed by atoms with Crippen LogP contribution in [0.15, 0.2) is 48.6 Å². The highest BCUT2D eigenvalue weighted by molar-refractivity contribution is 7.90. The van der Waals surface area contributed by atoms with Crippen LogP contribution < -0.4 is 9.62 Å². The van der Waals surface area contributed by atoms with Gasteiger partial charge in [0.1, 0.15) is 0 Å². The summed E-state index contributed by atoms with van der Waals surface area (Å²) in [5.74, 6) is 0.206. The number of halogens is 1. The molecule has 1 unspecified atom stereocenters. The van der Waals surface area contributed by atoms with Crippen LogP contribution in [0.4, 0.5) is 5.69 Å². The third-order valence-electron chi connectivity index (χ3n) is 10.9. The Kier molecular flexibility index (Phi) is 9.75. The number of allylic oxidation sites excluding steroid dienone is 1. The van der Waals surface area contributed by atoms with Crippen molar-refractivity contribution in [3.8, 4) is 0 Å². The van der Waals surface area contributed by atoms with Gasteiger partial charge in [-0.2, -0.15) is 0 Å². The molecule has 2 aromatic carbocycles. The average Bonchev–Trinajstić information content (AvgIpc) is 2.96. The summed E-state index contributed by atoms with van der Waals surface area (Å²) in [6.07, 6.45) is 14.4. The monoisotopic (exact) mass is 638 g/mol. The number of rotatable bonds is 2. The Morgan fingerprint density at radius 1 is 0.955 bits per heavy atom. The van der Waals surface area contributed by atoms with E-state index in [-0.39, 0.29) is 11.8 Å². The van der Waals surface area contributed by atoms with Crippen LogP contribution >= 0.6 is 11.6 Å². The van der Waals surface area contributed by atoms with Gasteiger partial charge in [-0.15, -0.1) is 0 Å². The lowest BCUT2D eigenvalue weighted by molar-refractivity contribution is 0.0461. The molecule has 0 saturated heterocycles. The third kappa shape index (κ3) is 7.05. The van der Waals surface area contributed by atoms with Crippen LogP contribution in [0.3, 0.4) is 0 Å². The molecular weight excluding hydrogens is 592 g/mol. The maximum Gasteiger partial charge on any atom is 0.264 e. The van der Waals surface area contributed by atoms with E-state index in [1.165, 1.54) is 11.1 Å². The minimum atomic E-state index is -3.91. The normalized spacial score (nSPS) is 30.4. The molecule has 238 valence electrons. The number of anilines is 1. The van der Waals surface area contributed by atoms with E-state index in [0.717, 1.165) is 93.6 Å². The molecule has 1 amide bonds. The van der Waals surface area contributed by atoms with Gasteiger partial charge in [-0.1, -0.05) is 62.1 Å². The van der Waals surface area contributed by atoms with Crippen LogP contribution in [0.5, 0.6) is 0 Å². The molecule has 0 spiro atoms. The largest absolute Gasteiger partial charge is 0.389 e. The van der Waals surface area contributed by atoms with E-state index in [1.54, 1.807) is 6.07 Å². The Morgan fingerprint density at radius 2 is 1.75 bits per heavy atom. The molecule has 2 bridgehead atoms. The van der Waals surface area contributed by atoms with Gasteiger partial charge >= 0.3 is 0 Å². The van der Waals surface area contributed by atoms with Gasteiger partial charge < -0.3 is 10.0 Å². The molecule has 2 saturated carbocycles. The molecule has 4 aliphatic rings. The molecule has 0 radical (unpaired) electrons. The molecule has 2 aromatic rings. The zero-order valence-electron chi connectivity index (χ0n) is 25.9. The summed E-state index contributed by atoms with van der Waals surface area (Å²) in [5.41, 5.74) is 5.15. The van der Waals surface area contributed by atoms with Crippen LogP contribution in [0.1, 0.15) is 91.8 Å². The number of aryl methyl sites for hydroxylation is 3. The van der Waals surface area contributed by atoms with Crippen molar-refractivity contribution in [2.45, 2.75) is 95.3 Å². The number of nitrogens with zero attached hydrogens (tertiary/aromatic N) is 1. The molecule has 6 rings (SSSR count). The topological polar surface area (TPSA) is 86.7 Å². The van der Waals surface area contributed by atoms with Crippen molar-refractivity contribution in [3.63, 3.8) is 0 Å². The Morgan fingerprint density at radius 3 is 2.50 bits per heavy atom. The van der Waals surface area contributed by atoms with Gasteiger partial charge in [-0.05, 0) is 122 Å². The van der Waals surface area contributed by atoms with Crippen LogP contribution in [-0.4, -0.2) is 43.9 Å². The van der Waals surface area contributed by atoms with Gasteiger partial charge in [0, 0.05) is 29.4 Å². The predicted molar refractivity (Wildman–Crippen MR) is 178 cm³/mol. The minimum Gasteiger partial charge on any atom is -0.389 e. The molecule has 0 aromatic heterocycles. The second kappa shape index (κ2) is 13.6. The molecule has 5 atom stereocenters. The molecule has 6 nitrogen and oxygen atoms in total. The minimum absolute atomic E-state index is 0.171. The smallest absolute Gasteiger partial charge is 0.264 e. The van der Waals surface area contributed by atoms with E-state index < -0.39 is 27.3 Å². The van der Waals surface area contributed by atoms with E-state index in [4.69, 9.17) is 11.6 Å². The number of hydrogen-bond donors (Lipinski definition) is 2. The number of nitrogens with one attached hydrogen (secondary N) is 1. The van der Waals surface area contributed by atoms with Gasteiger partial charge in [0.25, 0.3) is 5.91 Å². The van der Waals surface area contributed by atoms with Gasteiger partial charge in [-0.25, -0.2) is 13.1 Å². The SMILES string of the molecule is C[C@@H]1C/C=C/[C@H](O)[C@@H]2CC[C@H]2CN2CCCCc3cc(Cl)ccc3CCc3ccc(cc32)C(=O)NS(=O)(=O)C1CC1CCC1. The van der Waals surface area contributed by atoms with Crippen molar-refractivity contribution in [1.82, 2.24) is 4.72 Å². The fraction of sp³-hybridized carbons (Fsp3) is 0.583. The van der Waals surface area contributed by atoms with E-state index in [1.807, 2.05) is 37.3 Å².